The predicted molar refractivity (Wildman–Crippen MR) is 83.1 cm³/mol. The Morgan fingerprint density at radius 1 is 1.40 bits per heavy atom. The number of thiophene rings is 1. The van der Waals surface area contributed by atoms with E-state index in [1.54, 1.807) is 18.4 Å². The molecule has 0 aromatic carbocycles. The van der Waals surface area contributed by atoms with E-state index in [9.17, 15) is 0 Å². The summed E-state index contributed by atoms with van der Waals surface area (Å²) in [6, 6.07) is 8.61. The lowest BCUT2D eigenvalue weighted by Crippen LogP contribution is -2.32. The van der Waals surface area contributed by atoms with Crippen molar-refractivity contribution in [2.45, 2.75) is 19.0 Å². The first-order chi connectivity index (χ1) is 9.67. The first-order valence-corrected chi connectivity index (χ1v) is 7.50. The third-order valence-corrected chi connectivity index (χ3v) is 4.68. The van der Waals surface area contributed by atoms with Crippen LogP contribution in [-0.2, 0) is 0 Å². The number of nitrogens with zero attached hydrogens (tertiary/aromatic N) is 2. The number of likely N-dealkylation sites (N-methyl/N-ethyl adjacent to an activating group) is 1. The van der Waals surface area contributed by atoms with Gasteiger partial charge in [0.25, 0.3) is 0 Å². The standard InChI is InChI=1S/C15H21N3OS/c1-11(14-5-4-8-20-14)18(2)13(9-16)12-6-7-15(19-3)17-10-12/h4-8,10-11,13H,9,16H2,1-3H3. The van der Waals surface area contributed by atoms with Crippen molar-refractivity contribution in [2.75, 3.05) is 20.7 Å². The van der Waals surface area contributed by atoms with E-state index in [1.165, 1.54) is 4.88 Å². The monoisotopic (exact) mass is 291 g/mol. The van der Waals surface area contributed by atoms with Gasteiger partial charge in [0.15, 0.2) is 0 Å². The summed E-state index contributed by atoms with van der Waals surface area (Å²) >= 11 is 1.77. The normalized spacial score (nSPS) is 14.2. The van der Waals surface area contributed by atoms with Crippen molar-refractivity contribution in [3.63, 3.8) is 0 Å². The number of hydrogen-bond acceptors (Lipinski definition) is 5. The van der Waals surface area contributed by atoms with Gasteiger partial charge in [0.05, 0.1) is 7.11 Å². The van der Waals surface area contributed by atoms with Crippen molar-refractivity contribution < 1.29 is 4.74 Å². The van der Waals surface area contributed by atoms with Gasteiger partial charge in [-0.1, -0.05) is 12.1 Å². The summed E-state index contributed by atoms with van der Waals surface area (Å²) in [5.74, 6) is 0.624. The van der Waals surface area contributed by atoms with Crippen LogP contribution < -0.4 is 10.5 Å². The molecule has 2 atom stereocenters. The van der Waals surface area contributed by atoms with Gasteiger partial charge in [-0.3, -0.25) is 4.90 Å². The molecule has 108 valence electrons. The molecule has 0 saturated carbocycles. The molecule has 0 amide bonds. The van der Waals surface area contributed by atoms with E-state index >= 15 is 0 Å². The molecule has 0 aliphatic rings. The molecular weight excluding hydrogens is 270 g/mol. The van der Waals surface area contributed by atoms with Gasteiger partial charge < -0.3 is 10.5 Å². The van der Waals surface area contributed by atoms with Crippen LogP contribution in [0.1, 0.15) is 29.4 Å². The van der Waals surface area contributed by atoms with Gasteiger partial charge in [0.2, 0.25) is 5.88 Å². The van der Waals surface area contributed by atoms with Crippen LogP contribution in [0.5, 0.6) is 5.88 Å². The predicted octanol–water partition coefficient (Wildman–Crippen LogP) is 2.84. The number of nitrogens with two attached hydrogens (primary N) is 1. The highest BCUT2D eigenvalue weighted by atomic mass is 32.1. The second kappa shape index (κ2) is 6.83. The highest BCUT2D eigenvalue weighted by molar-refractivity contribution is 7.10. The number of hydrogen-bond donors (Lipinski definition) is 1. The van der Waals surface area contributed by atoms with Gasteiger partial charge in [-0.25, -0.2) is 4.98 Å². The quantitative estimate of drug-likeness (QED) is 0.889. The second-order valence-corrected chi connectivity index (χ2v) is 5.72. The summed E-state index contributed by atoms with van der Waals surface area (Å²) in [6.45, 7) is 2.76. The van der Waals surface area contributed by atoms with Crippen molar-refractivity contribution in [3.8, 4) is 5.88 Å². The second-order valence-electron chi connectivity index (χ2n) is 4.74. The largest absolute Gasteiger partial charge is 0.481 e. The fourth-order valence-electron chi connectivity index (χ4n) is 2.25. The van der Waals surface area contributed by atoms with Crippen LogP contribution in [0.15, 0.2) is 35.8 Å². The van der Waals surface area contributed by atoms with Crippen LogP contribution in [0.3, 0.4) is 0 Å². The highest BCUT2D eigenvalue weighted by Gasteiger charge is 2.22. The molecule has 0 fully saturated rings. The van der Waals surface area contributed by atoms with Gasteiger partial charge in [0, 0.05) is 35.8 Å². The molecule has 0 aliphatic carbocycles. The Kier molecular flexibility index (Phi) is 5.11. The topological polar surface area (TPSA) is 51.4 Å². The van der Waals surface area contributed by atoms with Crippen LogP contribution in [0.25, 0.3) is 0 Å². The van der Waals surface area contributed by atoms with E-state index in [0.717, 1.165) is 5.56 Å². The van der Waals surface area contributed by atoms with Crippen LogP contribution >= 0.6 is 11.3 Å². The van der Waals surface area contributed by atoms with Crippen molar-refractivity contribution >= 4 is 11.3 Å². The van der Waals surface area contributed by atoms with E-state index in [2.05, 4.69) is 41.4 Å². The smallest absolute Gasteiger partial charge is 0.212 e. The SMILES string of the molecule is COc1ccc(C(CN)N(C)C(C)c2cccs2)cn1. The molecule has 5 heteroatoms. The Bertz CT molecular complexity index is 512. The minimum Gasteiger partial charge on any atom is -0.481 e. The van der Waals surface area contributed by atoms with Crippen molar-refractivity contribution in [1.29, 1.82) is 0 Å². The average molecular weight is 291 g/mol. The van der Waals surface area contributed by atoms with Crippen molar-refractivity contribution in [3.05, 3.63) is 46.3 Å². The van der Waals surface area contributed by atoms with Gasteiger partial charge in [0.1, 0.15) is 0 Å². The van der Waals surface area contributed by atoms with Gasteiger partial charge >= 0.3 is 0 Å². The molecule has 4 nitrogen and oxygen atoms in total. The maximum Gasteiger partial charge on any atom is 0.212 e. The average Bonchev–Trinajstić information content (AvgIpc) is 3.02. The van der Waals surface area contributed by atoms with E-state index in [4.69, 9.17) is 10.5 Å². The first kappa shape index (κ1) is 15.0. The fourth-order valence-corrected chi connectivity index (χ4v) is 3.08. The lowest BCUT2D eigenvalue weighted by molar-refractivity contribution is 0.192. The Morgan fingerprint density at radius 3 is 2.70 bits per heavy atom. The molecule has 2 rings (SSSR count). The van der Waals surface area contributed by atoms with Gasteiger partial charge in [-0.2, -0.15) is 0 Å². The zero-order valence-electron chi connectivity index (χ0n) is 12.1. The molecule has 2 aromatic rings. The third-order valence-electron chi connectivity index (χ3n) is 3.63. The first-order valence-electron chi connectivity index (χ1n) is 6.62. The highest BCUT2D eigenvalue weighted by Crippen LogP contribution is 2.30. The Hall–Kier alpha value is -1.43. The van der Waals surface area contributed by atoms with E-state index in [-0.39, 0.29) is 6.04 Å². The summed E-state index contributed by atoms with van der Waals surface area (Å²) in [5.41, 5.74) is 7.08. The molecule has 0 spiro atoms. The summed E-state index contributed by atoms with van der Waals surface area (Å²) in [6.07, 6.45) is 1.84. The molecule has 0 bridgehead atoms. The zero-order chi connectivity index (χ0) is 14.5. The van der Waals surface area contributed by atoms with Gasteiger partial charge in [-0.05, 0) is 31.0 Å². The number of ether oxygens (including phenoxy) is 1. The van der Waals surface area contributed by atoms with Crippen LogP contribution in [-0.4, -0.2) is 30.6 Å². The summed E-state index contributed by atoms with van der Waals surface area (Å²) in [5, 5.41) is 2.10. The van der Waals surface area contributed by atoms with Crippen LogP contribution in [0, 0.1) is 0 Å². The van der Waals surface area contributed by atoms with Crippen LogP contribution in [0.4, 0.5) is 0 Å². The maximum absolute atomic E-state index is 5.97. The third kappa shape index (κ3) is 3.17. The molecule has 2 heterocycles. The fraction of sp³-hybridized carbons (Fsp3) is 0.400. The minimum atomic E-state index is 0.144. The Balaban J connectivity index is 2.17. The molecule has 20 heavy (non-hydrogen) atoms. The molecule has 0 saturated heterocycles. The molecule has 2 unspecified atom stereocenters. The summed E-state index contributed by atoms with van der Waals surface area (Å²) in [7, 11) is 3.72. The molecule has 2 N–H and O–H groups in total. The minimum absolute atomic E-state index is 0.144. The lowest BCUT2D eigenvalue weighted by atomic mass is 10.1. The van der Waals surface area contributed by atoms with E-state index in [1.807, 2.05) is 18.3 Å². The van der Waals surface area contributed by atoms with E-state index in [0.29, 0.717) is 18.5 Å². The van der Waals surface area contributed by atoms with Crippen molar-refractivity contribution in [2.24, 2.45) is 5.73 Å². The summed E-state index contributed by atoms with van der Waals surface area (Å²) in [4.78, 5) is 7.90. The van der Waals surface area contributed by atoms with E-state index < -0.39 is 0 Å². The zero-order valence-corrected chi connectivity index (χ0v) is 12.9. The molecule has 0 aliphatic heterocycles. The number of methoxy groups -OCH3 is 1. The molecule has 2 aromatic heterocycles. The number of pyridine rings is 1. The van der Waals surface area contributed by atoms with Crippen LogP contribution in [0.2, 0.25) is 0 Å². The number of rotatable bonds is 6. The summed E-state index contributed by atoms with van der Waals surface area (Å²) < 4.78 is 5.10. The molecular formula is C15H21N3OS. The maximum atomic E-state index is 5.97. The van der Waals surface area contributed by atoms with Gasteiger partial charge in [-0.15, -0.1) is 11.3 Å². The van der Waals surface area contributed by atoms with Crippen molar-refractivity contribution in [1.82, 2.24) is 9.88 Å². The number of aromatic nitrogens is 1. The molecule has 0 radical (unpaired) electrons. The Morgan fingerprint density at radius 2 is 2.20 bits per heavy atom. The lowest BCUT2D eigenvalue weighted by Gasteiger charge is -2.32. The Labute approximate surface area is 124 Å².